The normalized spacial score (nSPS) is 12.4. The highest BCUT2D eigenvalue weighted by molar-refractivity contribution is 14.0. The van der Waals surface area contributed by atoms with E-state index < -0.39 is 5.91 Å². The molecule has 1 unspecified atom stereocenters. The van der Waals surface area contributed by atoms with Crippen LogP contribution >= 0.6 is 24.0 Å². The molecule has 0 fully saturated rings. The van der Waals surface area contributed by atoms with Crippen LogP contribution < -0.4 is 16.4 Å². The Hall–Kier alpha value is -1.35. The SMILES string of the molecule is CCNC(=NCc1ccc(C(N)=O)cc1)NC(C)CCCN(CC)CC.I. The first-order valence-electron chi connectivity index (χ1n) is 9.66. The van der Waals surface area contributed by atoms with E-state index in [1.807, 2.05) is 12.1 Å². The number of guanidine groups is 1. The quantitative estimate of drug-likeness (QED) is 0.254. The first-order chi connectivity index (χ1) is 12.5. The molecule has 0 aliphatic carbocycles. The van der Waals surface area contributed by atoms with E-state index in [1.54, 1.807) is 12.1 Å². The number of nitrogens with one attached hydrogen (secondary N) is 2. The fourth-order valence-corrected chi connectivity index (χ4v) is 2.73. The lowest BCUT2D eigenvalue weighted by atomic mass is 10.1. The summed E-state index contributed by atoms with van der Waals surface area (Å²) in [5, 5.41) is 6.76. The van der Waals surface area contributed by atoms with E-state index in [9.17, 15) is 4.79 Å². The van der Waals surface area contributed by atoms with Crippen molar-refractivity contribution in [3.63, 3.8) is 0 Å². The maximum Gasteiger partial charge on any atom is 0.248 e. The maximum absolute atomic E-state index is 11.1. The monoisotopic (exact) mass is 489 g/mol. The van der Waals surface area contributed by atoms with Gasteiger partial charge in [0.2, 0.25) is 5.91 Å². The van der Waals surface area contributed by atoms with Crippen LogP contribution in [0.25, 0.3) is 0 Å². The molecule has 1 amide bonds. The summed E-state index contributed by atoms with van der Waals surface area (Å²) in [6.07, 6.45) is 2.28. The number of benzene rings is 1. The zero-order valence-electron chi connectivity index (χ0n) is 17.1. The van der Waals surface area contributed by atoms with Crippen LogP contribution in [0.5, 0.6) is 0 Å². The molecule has 0 saturated carbocycles. The minimum absolute atomic E-state index is 0. The van der Waals surface area contributed by atoms with Crippen molar-refractivity contribution in [1.82, 2.24) is 15.5 Å². The molecule has 1 aromatic rings. The molecular weight excluding hydrogens is 453 g/mol. The highest BCUT2D eigenvalue weighted by atomic mass is 127. The fourth-order valence-electron chi connectivity index (χ4n) is 2.73. The minimum Gasteiger partial charge on any atom is -0.366 e. The first-order valence-corrected chi connectivity index (χ1v) is 9.66. The van der Waals surface area contributed by atoms with Gasteiger partial charge in [0, 0.05) is 18.2 Å². The van der Waals surface area contributed by atoms with Crippen molar-refractivity contribution in [3.8, 4) is 0 Å². The predicted molar refractivity (Wildman–Crippen MR) is 125 cm³/mol. The van der Waals surface area contributed by atoms with Crippen LogP contribution in [0.15, 0.2) is 29.3 Å². The number of hydrogen-bond donors (Lipinski definition) is 3. The lowest BCUT2D eigenvalue weighted by molar-refractivity contribution is 0.100. The van der Waals surface area contributed by atoms with Crippen LogP contribution in [-0.4, -0.2) is 49.0 Å². The van der Waals surface area contributed by atoms with Crippen LogP contribution in [-0.2, 0) is 6.54 Å². The van der Waals surface area contributed by atoms with Gasteiger partial charge in [0.1, 0.15) is 0 Å². The summed E-state index contributed by atoms with van der Waals surface area (Å²) < 4.78 is 0. The molecule has 7 heteroatoms. The Morgan fingerprint density at radius 2 is 1.81 bits per heavy atom. The molecule has 0 heterocycles. The molecule has 27 heavy (non-hydrogen) atoms. The number of primary amides is 1. The van der Waals surface area contributed by atoms with Gasteiger partial charge in [-0.25, -0.2) is 4.99 Å². The van der Waals surface area contributed by atoms with E-state index in [0.717, 1.165) is 44.1 Å². The van der Waals surface area contributed by atoms with Gasteiger partial charge in [-0.15, -0.1) is 24.0 Å². The number of carbonyl (C=O) groups excluding carboxylic acids is 1. The maximum atomic E-state index is 11.1. The Morgan fingerprint density at radius 3 is 2.33 bits per heavy atom. The molecule has 154 valence electrons. The molecule has 0 spiro atoms. The number of aliphatic imine (C=N–C) groups is 1. The molecule has 6 nitrogen and oxygen atoms in total. The van der Waals surface area contributed by atoms with Gasteiger partial charge < -0.3 is 21.3 Å². The summed E-state index contributed by atoms with van der Waals surface area (Å²) in [6.45, 7) is 13.4. The van der Waals surface area contributed by atoms with Gasteiger partial charge in [-0.2, -0.15) is 0 Å². The van der Waals surface area contributed by atoms with E-state index >= 15 is 0 Å². The largest absolute Gasteiger partial charge is 0.366 e. The van der Waals surface area contributed by atoms with E-state index in [4.69, 9.17) is 5.73 Å². The highest BCUT2D eigenvalue weighted by Gasteiger charge is 2.07. The standard InChI is InChI=1S/C20H35N5O.HI/c1-5-22-20(24-16(4)9-8-14-25(6-2)7-3)23-15-17-10-12-18(13-11-17)19(21)26;/h10-13,16H,5-9,14-15H2,1-4H3,(H2,21,26)(H2,22,23,24);1H. The number of nitrogens with zero attached hydrogens (tertiary/aromatic N) is 2. The third-order valence-electron chi connectivity index (χ3n) is 4.39. The van der Waals surface area contributed by atoms with Crippen molar-refractivity contribution in [2.45, 2.75) is 53.1 Å². The Morgan fingerprint density at radius 1 is 1.19 bits per heavy atom. The zero-order valence-corrected chi connectivity index (χ0v) is 19.5. The summed E-state index contributed by atoms with van der Waals surface area (Å²) in [5.41, 5.74) is 6.83. The summed E-state index contributed by atoms with van der Waals surface area (Å²) in [6, 6.07) is 7.62. The van der Waals surface area contributed by atoms with Crippen molar-refractivity contribution in [2.24, 2.45) is 10.7 Å². The molecule has 0 bridgehead atoms. The highest BCUT2D eigenvalue weighted by Crippen LogP contribution is 2.05. The van der Waals surface area contributed by atoms with Crippen LogP contribution in [0.3, 0.4) is 0 Å². The van der Waals surface area contributed by atoms with E-state index in [2.05, 4.69) is 48.2 Å². The van der Waals surface area contributed by atoms with Crippen molar-refractivity contribution in [2.75, 3.05) is 26.2 Å². The van der Waals surface area contributed by atoms with Crippen molar-refractivity contribution < 1.29 is 4.79 Å². The second kappa shape index (κ2) is 14.7. The molecule has 1 aromatic carbocycles. The Labute approximate surface area is 181 Å². The second-order valence-electron chi connectivity index (χ2n) is 6.47. The van der Waals surface area contributed by atoms with Gasteiger partial charge in [0.25, 0.3) is 0 Å². The summed E-state index contributed by atoms with van der Waals surface area (Å²) in [4.78, 5) is 18.2. The number of carbonyl (C=O) groups is 1. The van der Waals surface area contributed by atoms with E-state index in [-0.39, 0.29) is 24.0 Å². The van der Waals surface area contributed by atoms with Gasteiger partial charge in [-0.05, 0) is 64.0 Å². The average molecular weight is 489 g/mol. The van der Waals surface area contributed by atoms with Crippen molar-refractivity contribution in [3.05, 3.63) is 35.4 Å². The van der Waals surface area contributed by atoms with E-state index in [0.29, 0.717) is 18.2 Å². The number of amides is 1. The number of halogens is 1. The molecular formula is C20H36IN5O. The Balaban J connectivity index is 0.00000676. The molecule has 1 atom stereocenters. The van der Waals surface area contributed by atoms with Crippen LogP contribution in [0.2, 0.25) is 0 Å². The molecule has 0 saturated heterocycles. The number of nitrogens with two attached hydrogens (primary N) is 1. The molecule has 0 aliphatic heterocycles. The molecule has 1 rings (SSSR count). The van der Waals surface area contributed by atoms with Crippen LogP contribution in [0.4, 0.5) is 0 Å². The van der Waals surface area contributed by atoms with Gasteiger partial charge >= 0.3 is 0 Å². The van der Waals surface area contributed by atoms with Gasteiger partial charge in [-0.1, -0.05) is 26.0 Å². The molecule has 0 radical (unpaired) electrons. The number of hydrogen-bond acceptors (Lipinski definition) is 3. The summed E-state index contributed by atoms with van der Waals surface area (Å²) >= 11 is 0. The number of rotatable bonds is 11. The topological polar surface area (TPSA) is 82.7 Å². The minimum atomic E-state index is -0.409. The average Bonchev–Trinajstić information content (AvgIpc) is 2.64. The van der Waals surface area contributed by atoms with Crippen molar-refractivity contribution >= 4 is 35.8 Å². The lowest BCUT2D eigenvalue weighted by Crippen LogP contribution is -2.42. The smallest absolute Gasteiger partial charge is 0.248 e. The third kappa shape index (κ3) is 10.5. The predicted octanol–water partition coefficient (Wildman–Crippen LogP) is 2.97. The fraction of sp³-hybridized carbons (Fsp3) is 0.600. The van der Waals surface area contributed by atoms with Gasteiger partial charge in [0.05, 0.1) is 6.54 Å². The lowest BCUT2D eigenvalue weighted by Gasteiger charge is -2.21. The summed E-state index contributed by atoms with van der Waals surface area (Å²) in [7, 11) is 0. The zero-order chi connectivity index (χ0) is 19.4. The van der Waals surface area contributed by atoms with Gasteiger partial charge in [0.15, 0.2) is 5.96 Å². The Bertz CT molecular complexity index is 558. The molecule has 4 N–H and O–H groups in total. The molecule has 0 aromatic heterocycles. The first kappa shape index (κ1) is 25.6. The van der Waals surface area contributed by atoms with E-state index in [1.165, 1.54) is 6.42 Å². The summed E-state index contributed by atoms with van der Waals surface area (Å²) in [5.74, 6) is 0.412. The third-order valence-corrected chi connectivity index (χ3v) is 4.39. The van der Waals surface area contributed by atoms with Crippen LogP contribution in [0.1, 0.15) is 56.5 Å². The Kier molecular flexibility index (Phi) is 13.9. The second-order valence-corrected chi connectivity index (χ2v) is 6.47. The van der Waals surface area contributed by atoms with Gasteiger partial charge in [-0.3, -0.25) is 4.79 Å². The van der Waals surface area contributed by atoms with Crippen LogP contribution in [0, 0.1) is 0 Å². The molecule has 0 aliphatic rings. The van der Waals surface area contributed by atoms with Crippen molar-refractivity contribution in [1.29, 1.82) is 0 Å².